The van der Waals surface area contributed by atoms with Crippen molar-refractivity contribution < 1.29 is 14.3 Å². The van der Waals surface area contributed by atoms with Crippen LogP contribution in [0.2, 0.25) is 10.2 Å². The number of carbonyl (C=O) groups is 2. The van der Waals surface area contributed by atoms with Crippen molar-refractivity contribution in [2.75, 3.05) is 30.4 Å². The molecule has 9 nitrogen and oxygen atoms in total. The first-order valence-electron chi connectivity index (χ1n) is 13.7. The van der Waals surface area contributed by atoms with E-state index in [4.69, 9.17) is 28.2 Å². The molecule has 1 unspecified atom stereocenters. The van der Waals surface area contributed by atoms with Gasteiger partial charge in [-0.05, 0) is 60.7 Å². The molecule has 1 atom stereocenters. The Morgan fingerprint density at radius 2 is 1.76 bits per heavy atom. The van der Waals surface area contributed by atoms with Gasteiger partial charge in [-0.2, -0.15) is 0 Å². The minimum atomic E-state index is -0.557. The number of halogens is 2. The first-order chi connectivity index (χ1) is 20.4. The van der Waals surface area contributed by atoms with Gasteiger partial charge in [-0.1, -0.05) is 65.7 Å². The second kappa shape index (κ2) is 13.6. The van der Waals surface area contributed by atoms with Crippen LogP contribution in [0.1, 0.15) is 35.8 Å². The summed E-state index contributed by atoms with van der Waals surface area (Å²) in [5, 5.41) is 9.66. The van der Waals surface area contributed by atoms with E-state index in [1.165, 1.54) is 7.11 Å². The lowest BCUT2D eigenvalue weighted by atomic mass is 10.1. The van der Waals surface area contributed by atoms with E-state index in [0.717, 1.165) is 48.3 Å². The van der Waals surface area contributed by atoms with Gasteiger partial charge in [-0.15, -0.1) is 0 Å². The van der Waals surface area contributed by atoms with Crippen LogP contribution >= 0.6 is 23.2 Å². The molecule has 1 aromatic heterocycles. The van der Waals surface area contributed by atoms with Crippen molar-refractivity contribution in [1.82, 2.24) is 20.6 Å². The molecule has 1 saturated heterocycles. The Morgan fingerprint density at radius 3 is 2.48 bits per heavy atom. The summed E-state index contributed by atoms with van der Waals surface area (Å²) in [5.41, 5.74) is 4.94. The SMILES string of the molecule is COC(=O)Nc1ccc(-c2nc(C(Cc3ccccc3)NC(=O)NCc3cc(Cl)ccc3N3CCCC3)[nH]c2Cl)cc1. The molecule has 5 rings (SSSR count). The predicted molar refractivity (Wildman–Crippen MR) is 166 cm³/mol. The number of hydrogen-bond donors (Lipinski definition) is 4. The van der Waals surface area contributed by atoms with Gasteiger partial charge < -0.3 is 25.3 Å². The number of imidazole rings is 1. The van der Waals surface area contributed by atoms with Crippen molar-refractivity contribution in [3.8, 4) is 11.3 Å². The van der Waals surface area contributed by atoms with E-state index in [2.05, 4.69) is 30.6 Å². The van der Waals surface area contributed by atoms with Crippen LogP contribution in [-0.2, 0) is 17.7 Å². The van der Waals surface area contributed by atoms with Gasteiger partial charge >= 0.3 is 12.1 Å². The van der Waals surface area contributed by atoms with Gasteiger partial charge in [0.1, 0.15) is 16.7 Å². The fourth-order valence-corrected chi connectivity index (χ4v) is 5.46. The fraction of sp³-hybridized carbons (Fsp3) is 0.258. The quantitative estimate of drug-likeness (QED) is 0.165. The van der Waals surface area contributed by atoms with Gasteiger partial charge in [0.15, 0.2) is 0 Å². The summed E-state index contributed by atoms with van der Waals surface area (Å²) < 4.78 is 4.64. The average molecular weight is 608 g/mol. The first-order valence-corrected chi connectivity index (χ1v) is 14.5. The number of nitrogens with one attached hydrogen (secondary N) is 4. The molecule has 11 heteroatoms. The minimum absolute atomic E-state index is 0.326. The van der Waals surface area contributed by atoms with E-state index < -0.39 is 12.1 Å². The summed E-state index contributed by atoms with van der Waals surface area (Å²) in [6.45, 7) is 2.31. The van der Waals surface area contributed by atoms with Crippen LogP contribution in [0.25, 0.3) is 11.3 Å². The third-order valence-corrected chi connectivity index (χ3v) is 7.62. The molecule has 0 saturated carbocycles. The molecule has 0 bridgehead atoms. The number of benzene rings is 3. The third-order valence-electron chi connectivity index (χ3n) is 7.11. The van der Waals surface area contributed by atoms with Gasteiger partial charge in [-0.3, -0.25) is 5.32 Å². The first kappa shape index (κ1) is 29.3. The highest BCUT2D eigenvalue weighted by atomic mass is 35.5. The van der Waals surface area contributed by atoms with Gasteiger partial charge in [0, 0.05) is 41.6 Å². The normalized spacial score (nSPS) is 13.5. The molecule has 1 aliphatic rings. The number of anilines is 2. The maximum atomic E-state index is 13.2. The number of amides is 3. The van der Waals surface area contributed by atoms with Crippen molar-refractivity contribution in [1.29, 1.82) is 0 Å². The predicted octanol–water partition coefficient (Wildman–Crippen LogP) is 6.95. The second-order valence-electron chi connectivity index (χ2n) is 10.0. The molecule has 0 spiro atoms. The lowest BCUT2D eigenvalue weighted by molar-refractivity contribution is 0.187. The number of urea groups is 1. The van der Waals surface area contributed by atoms with Crippen LogP contribution in [0.15, 0.2) is 72.8 Å². The standard InChI is InChI=1S/C31H32Cl2N6O3/c1-42-31(41)35-24-12-9-21(10-13-24)27-28(33)38-29(37-27)25(17-20-7-3-2-4-8-20)36-30(40)34-19-22-18-23(32)11-14-26(22)39-15-5-6-16-39/h2-4,7-14,18,25H,5-6,15-17,19H2,1H3,(H,35,41)(H,37,38)(H2,34,36,40). The number of rotatable bonds is 9. The largest absolute Gasteiger partial charge is 0.453 e. The third kappa shape index (κ3) is 7.35. The molecule has 0 radical (unpaired) electrons. The monoisotopic (exact) mass is 606 g/mol. The van der Waals surface area contributed by atoms with Gasteiger partial charge in [-0.25, -0.2) is 14.6 Å². The molecule has 1 aliphatic heterocycles. The van der Waals surface area contributed by atoms with Crippen LogP contribution in [0, 0.1) is 0 Å². The Labute approximate surface area is 254 Å². The smallest absolute Gasteiger partial charge is 0.411 e. The van der Waals surface area contributed by atoms with E-state index >= 15 is 0 Å². The molecule has 3 amide bonds. The van der Waals surface area contributed by atoms with Crippen molar-refractivity contribution >= 4 is 46.7 Å². The molecule has 1 fully saturated rings. The number of hydrogen-bond acceptors (Lipinski definition) is 5. The molecule has 4 N–H and O–H groups in total. The number of nitrogens with zero attached hydrogens (tertiary/aromatic N) is 2. The van der Waals surface area contributed by atoms with E-state index in [0.29, 0.717) is 40.3 Å². The Hall–Kier alpha value is -4.21. The molecule has 4 aromatic rings. The Bertz CT molecular complexity index is 1520. The Balaban J connectivity index is 1.33. The summed E-state index contributed by atoms with van der Waals surface area (Å²) >= 11 is 12.9. The topological polar surface area (TPSA) is 111 Å². The number of aromatic nitrogens is 2. The number of H-pyrrole nitrogens is 1. The summed E-state index contributed by atoms with van der Waals surface area (Å²) in [4.78, 5) is 35.0. The lowest BCUT2D eigenvalue weighted by Crippen LogP contribution is -2.39. The van der Waals surface area contributed by atoms with Crippen molar-refractivity contribution in [3.63, 3.8) is 0 Å². The molecule has 0 aliphatic carbocycles. The second-order valence-corrected chi connectivity index (χ2v) is 10.8. The van der Waals surface area contributed by atoms with Crippen LogP contribution in [0.5, 0.6) is 0 Å². The summed E-state index contributed by atoms with van der Waals surface area (Å²) in [6.07, 6.45) is 2.24. The van der Waals surface area contributed by atoms with Crippen molar-refractivity contribution in [3.05, 3.63) is 99.9 Å². The van der Waals surface area contributed by atoms with E-state index in [-0.39, 0.29) is 6.03 Å². The van der Waals surface area contributed by atoms with Crippen molar-refractivity contribution in [2.45, 2.75) is 31.8 Å². The lowest BCUT2D eigenvalue weighted by Gasteiger charge is -2.22. The van der Waals surface area contributed by atoms with Crippen molar-refractivity contribution in [2.24, 2.45) is 0 Å². The van der Waals surface area contributed by atoms with Gasteiger partial charge in [0.2, 0.25) is 0 Å². The zero-order valence-electron chi connectivity index (χ0n) is 23.1. The molecule has 3 aromatic carbocycles. The highest BCUT2D eigenvalue weighted by molar-refractivity contribution is 6.32. The summed E-state index contributed by atoms with van der Waals surface area (Å²) in [7, 11) is 1.30. The number of ether oxygens (including phenoxy) is 1. The molecule has 42 heavy (non-hydrogen) atoms. The Kier molecular flexibility index (Phi) is 9.51. The number of methoxy groups -OCH3 is 1. The van der Waals surface area contributed by atoms with Crippen LogP contribution in [0.4, 0.5) is 21.0 Å². The zero-order chi connectivity index (χ0) is 29.5. The Morgan fingerprint density at radius 1 is 1.02 bits per heavy atom. The molecular weight excluding hydrogens is 575 g/mol. The van der Waals surface area contributed by atoms with Crippen LogP contribution in [0.3, 0.4) is 0 Å². The van der Waals surface area contributed by atoms with E-state index in [9.17, 15) is 9.59 Å². The highest BCUT2D eigenvalue weighted by Gasteiger charge is 2.22. The number of aromatic amines is 1. The van der Waals surface area contributed by atoms with Gasteiger partial charge in [0.25, 0.3) is 0 Å². The molecule has 2 heterocycles. The van der Waals surface area contributed by atoms with Crippen LogP contribution in [-0.4, -0.2) is 42.3 Å². The summed E-state index contributed by atoms with van der Waals surface area (Å²) in [6, 6.07) is 21.9. The molecular formula is C31H32Cl2N6O3. The average Bonchev–Trinajstić information content (AvgIpc) is 3.67. The zero-order valence-corrected chi connectivity index (χ0v) is 24.6. The van der Waals surface area contributed by atoms with Gasteiger partial charge in [0.05, 0.1) is 13.2 Å². The summed E-state index contributed by atoms with van der Waals surface area (Å²) in [5.74, 6) is 0.520. The fourth-order valence-electron chi connectivity index (χ4n) is 5.02. The number of carbonyl (C=O) groups excluding carboxylic acids is 2. The minimum Gasteiger partial charge on any atom is -0.453 e. The maximum Gasteiger partial charge on any atom is 0.411 e. The van der Waals surface area contributed by atoms with E-state index in [1.54, 1.807) is 24.3 Å². The van der Waals surface area contributed by atoms with E-state index in [1.807, 2.05) is 48.5 Å². The van der Waals surface area contributed by atoms with Crippen LogP contribution < -0.4 is 20.9 Å². The molecule has 218 valence electrons. The maximum absolute atomic E-state index is 13.2. The highest BCUT2D eigenvalue weighted by Crippen LogP contribution is 2.30.